The average Bonchev–Trinajstić information content (AvgIpc) is 2.17. The van der Waals surface area contributed by atoms with Crippen LogP contribution in [-0.2, 0) is 17.8 Å². The molecule has 0 bridgehead atoms. The molecule has 13 heavy (non-hydrogen) atoms. The first-order valence-corrected chi connectivity index (χ1v) is 4.97. The Morgan fingerprint density at radius 2 is 2.08 bits per heavy atom. The molecule has 0 spiro atoms. The summed E-state index contributed by atoms with van der Waals surface area (Å²) in [5.41, 5.74) is 4.30. The lowest BCUT2D eigenvalue weighted by Crippen LogP contribution is -2.10. The number of hydrogen-bond donors (Lipinski definition) is 0. The lowest BCUT2D eigenvalue weighted by molar-refractivity contribution is 0.110. The molecular formula is C12H16O. The second-order valence-corrected chi connectivity index (χ2v) is 3.99. The highest BCUT2D eigenvalue weighted by molar-refractivity contribution is 5.34. The van der Waals surface area contributed by atoms with Gasteiger partial charge in [0.15, 0.2) is 0 Å². The van der Waals surface area contributed by atoms with Crippen molar-refractivity contribution >= 4 is 0 Å². The van der Waals surface area contributed by atoms with Crippen LogP contribution >= 0.6 is 0 Å². The Morgan fingerprint density at radius 3 is 2.85 bits per heavy atom. The molecule has 1 heteroatoms. The van der Waals surface area contributed by atoms with E-state index in [0.29, 0.717) is 5.92 Å². The third kappa shape index (κ3) is 1.75. The molecule has 0 aromatic heterocycles. The first-order valence-electron chi connectivity index (χ1n) is 4.97. The second kappa shape index (κ2) is 3.51. The summed E-state index contributed by atoms with van der Waals surface area (Å²) in [4.78, 5) is 0. The van der Waals surface area contributed by atoms with Crippen LogP contribution in [0.2, 0.25) is 0 Å². The van der Waals surface area contributed by atoms with Gasteiger partial charge in [0, 0.05) is 0 Å². The van der Waals surface area contributed by atoms with Gasteiger partial charge in [0.1, 0.15) is 0 Å². The smallest absolute Gasteiger partial charge is 0.0719 e. The highest BCUT2D eigenvalue weighted by Crippen LogP contribution is 2.22. The van der Waals surface area contributed by atoms with Gasteiger partial charge in [-0.2, -0.15) is 0 Å². The van der Waals surface area contributed by atoms with E-state index in [1.165, 1.54) is 16.7 Å². The number of benzene rings is 1. The lowest BCUT2D eigenvalue weighted by Gasteiger charge is -2.18. The monoisotopic (exact) mass is 176 g/mol. The van der Waals surface area contributed by atoms with E-state index in [4.69, 9.17) is 4.74 Å². The van der Waals surface area contributed by atoms with Gasteiger partial charge in [-0.05, 0) is 29.0 Å². The molecule has 0 radical (unpaired) electrons. The van der Waals surface area contributed by atoms with Gasteiger partial charge < -0.3 is 4.74 Å². The Balaban J connectivity index is 2.35. The van der Waals surface area contributed by atoms with Gasteiger partial charge in [-0.3, -0.25) is 0 Å². The molecular weight excluding hydrogens is 160 g/mol. The standard InChI is InChI=1S/C12H16O/c1-9(2)10-3-4-12-8-13-6-5-11(12)7-10/h3-4,7,9H,5-6,8H2,1-2H3. The maximum absolute atomic E-state index is 5.40. The van der Waals surface area contributed by atoms with E-state index in [2.05, 4.69) is 32.0 Å². The van der Waals surface area contributed by atoms with E-state index >= 15 is 0 Å². The molecule has 1 heterocycles. The number of rotatable bonds is 1. The van der Waals surface area contributed by atoms with E-state index in [1.54, 1.807) is 0 Å². The van der Waals surface area contributed by atoms with E-state index < -0.39 is 0 Å². The minimum atomic E-state index is 0.633. The normalized spacial score (nSPS) is 15.9. The number of ether oxygens (including phenoxy) is 1. The van der Waals surface area contributed by atoms with Crippen molar-refractivity contribution in [1.82, 2.24) is 0 Å². The van der Waals surface area contributed by atoms with Crippen molar-refractivity contribution in [2.75, 3.05) is 6.61 Å². The molecule has 1 nitrogen and oxygen atoms in total. The third-order valence-corrected chi connectivity index (χ3v) is 2.67. The van der Waals surface area contributed by atoms with Crippen molar-refractivity contribution in [3.8, 4) is 0 Å². The number of fused-ring (bicyclic) bond motifs is 1. The van der Waals surface area contributed by atoms with Crippen LogP contribution in [0.1, 0.15) is 36.5 Å². The SMILES string of the molecule is CC(C)c1ccc2c(c1)CCOC2. The van der Waals surface area contributed by atoms with E-state index in [9.17, 15) is 0 Å². The quantitative estimate of drug-likeness (QED) is 0.639. The Bertz CT molecular complexity index is 302. The van der Waals surface area contributed by atoms with Crippen molar-refractivity contribution in [2.45, 2.75) is 32.8 Å². The predicted octanol–water partition coefficient (Wildman–Crippen LogP) is 2.88. The molecule has 0 unspecified atom stereocenters. The zero-order chi connectivity index (χ0) is 9.26. The minimum absolute atomic E-state index is 0.633. The average molecular weight is 176 g/mol. The van der Waals surface area contributed by atoms with Crippen LogP contribution in [0.5, 0.6) is 0 Å². The summed E-state index contributed by atoms with van der Waals surface area (Å²) in [5.74, 6) is 0.633. The minimum Gasteiger partial charge on any atom is -0.376 e. The van der Waals surface area contributed by atoms with E-state index in [1.807, 2.05) is 0 Å². The van der Waals surface area contributed by atoms with Crippen molar-refractivity contribution in [2.24, 2.45) is 0 Å². The van der Waals surface area contributed by atoms with Crippen LogP contribution in [0, 0.1) is 0 Å². The van der Waals surface area contributed by atoms with E-state index in [0.717, 1.165) is 19.6 Å². The molecule has 70 valence electrons. The van der Waals surface area contributed by atoms with Crippen LogP contribution in [0.15, 0.2) is 18.2 Å². The molecule has 1 aromatic rings. The van der Waals surface area contributed by atoms with Gasteiger partial charge in [-0.25, -0.2) is 0 Å². The summed E-state index contributed by atoms with van der Waals surface area (Å²) in [5, 5.41) is 0. The van der Waals surface area contributed by atoms with Crippen LogP contribution in [-0.4, -0.2) is 6.61 Å². The molecule has 0 saturated heterocycles. The molecule has 0 N–H and O–H groups in total. The summed E-state index contributed by atoms with van der Waals surface area (Å²) >= 11 is 0. The Labute approximate surface area is 79.7 Å². The maximum atomic E-state index is 5.40. The van der Waals surface area contributed by atoms with Gasteiger partial charge >= 0.3 is 0 Å². The van der Waals surface area contributed by atoms with Gasteiger partial charge in [0.05, 0.1) is 13.2 Å². The largest absolute Gasteiger partial charge is 0.376 e. The Morgan fingerprint density at radius 1 is 1.23 bits per heavy atom. The zero-order valence-corrected chi connectivity index (χ0v) is 8.34. The predicted molar refractivity (Wildman–Crippen MR) is 53.9 cm³/mol. The highest BCUT2D eigenvalue weighted by atomic mass is 16.5. The van der Waals surface area contributed by atoms with E-state index in [-0.39, 0.29) is 0 Å². The molecule has 1 aliphatic heterocycles. The summed E-state index contributed by atoms with van der Waals surface area (Å²) < 4.78 is 5.40. The highest BCUT2D eigenvalue weighted by Gasteiger charge is 2.10. The molecule has 0 amide bonds. The molecule has 0 aliphatic carbocycles. The number of hydrogen-bond acceptors (Lipinski definition) is 1. The molecule has 0 fully saturated rings. The van der Waals surface area contributed by atoms with Crippen LogP contribution in [0.25, 0.3) is 0 Å². The second-order valence-electron chi connectivity index (χ2n) is 3.99. The van der Waals surface area contributed by atoms with Crippen LogP contribution in [0.3, 0.4) is 0 Å². The molecule has 1 aromatic carbocycles. The molecule has 0 atom stereocenters. The molecule has 0 saturated carbocycles. The van der Waals surface area contributed by atoms with Gasteiger partial charge in [0.2, 0.25) is 0 Å². The van der Waals surface area contributed by atoms with Crippen molar-refractivity contribution in [3.05, 3.63) is 34.9 Å². The van der Waals surface area contributed by atoms with Crippen molar-refractivity contribution in [3.63, 3.8) is 0 Å². The van der Waals surface area contributed by atoms with Gasteiger partial charge in [0.25, 0.3) is 0 Å². The Hall–Kier alpha value is -0.820. The fourth-order valence-corrected chi connectivity index (χ4v) is 1.74. The first kappa shape index (κ1) is 8.76. The molecule has 2 rings (SSSR count). The summed E-state index contributed by atoms with van der Waals surface area (Å²) in [7, 11) is 0. The zero-order valence-electron chi connectivity index (χ0n) is 8.34. The molecule has 1 aliphatic rings. The van der Waals surface area contributed by atoms with Gasteiger partial charge in [-0.15, -0.1) is 0 Å². The van der Waals surface area contributed by atoms with Crippen molar-refractivity contribution < 1.29 is 4.74 Å². The van der Waals surface area contributed by atoms with Crippen LogP contribution in [0.4, 0.5) is 0 Å². The topological polar surface area (TPSA) is 9.23 Å². The fourth-order valence-electron chi connectivity index (χ4n) is 1.74. The summed E-state index contributed by atoms with van der Waals surface area (Å²) in [6.07, 6.45) is 1.08. The lowest BCUT2D eigenvalue weighted by atomic mass is 9.95. The van der Waals surface area contributed by atoms with Gasteiger partial charge in [-0.1, -0.05) is 32.0 Å². The third-order valence-electron chi connectivity index (χ3n) is 2.67. The first-order chi connectivity index (χ1) is 6.27. The summed E-state index contributed by atoms with van der Waals surface area (Å²) in [6.45, 7) is 6.16. The Kier molecular flexibility index (Phi) is 2.36. The van der Waals surface area contributed by atoms with Crippen LogP contribution < -0.4 is 0 Å². The maximum Gasteiger partial charge on any atom is 0.0719 e. The van der Waals surface area contributed by atoms with Crippen molar-refractivity contribution in [1.29, 1.82) is 0 Å². The summed E-state index contributed by atoms with van der Waals surface area (Å²) in [6, 6.07) is 6.77. The fraction of sp³-hybridized carbons (Fsp3) is 0.500.